The first-order valence-corrected chi connectivity index (χ1v) is 13.6. The SMILES string of the molecule is COc1ccc(Cn2nnnc2[C@H](c2cc3cc(C)ccc3[nH]c2=O)N2CCN(Cc3ccccc3)CC2)cc1. The van der Waals surface area contributed by atoms with E-state index in [0.29, 0.717) is 17.9 Å². The minimum absolute atomic E-state index is 0.118. The molecule has 0 bridgehead atoms. The molecule has 1 N–H and O–H groups in total. The van der Waals surface area contributed by atoms with E-state index in [1.165, 1.54) is 5.56 Å². The number of hydrogen-bond donors (Lipinski definition) is 1. The minimum Gasteiger partial charge on any atom is -0.497 e. The lowest BCUT2D eigenvalue weighted by molar-refractivity contribution is 0.0998. The Labute approximate surface area is 233 Å². The lowest BCUT2D eigenvalue weighted by Gasteiger charge is -2.38. The zero-order chi connectivity index (χ0) is 27.5. The summed E-state index contributed by atoms with van der Waals surface area (Å²) < 4.78 is 7.12. The molecular formula is C31H33N7O2. The van der Waals surface area contributed by atoms with Gasteiger partial charge in [-0.1, -0.05) is 54.1 Å². The number of tetrazole rings is 1. The van der Waals surface area contributed by atoms with Gasteiger partial charge in [0.2, 0.25) is 0 Å². The molecule has 2 aromatic heterocycles. The lowest BCUT2D eigenvalue weighted by atomic mass is 10.0. The Morgan fingerprint density at radius 2 is 1.65 bits per heavy atom. The summed E-state index contributed by atoms with van der Waals surface area (Å²) in [6.07, 6.45) is 0. The molecule has 1 saturated heterocycles. The summed E-state index contributed by atoms with van der Waals surface area (Å²) in [6.45, 7) is 6.80. The van der Waals surface area contributed by atoms with Crippen molar-refractivity contribution in [1.82, 2.24) is 35.0 Å². The standard InChI is InChI=1S/C31H33N7O2/c1-22-8-13-28-25(18-22)19-27(31(39)32-28)29(37-16-14-36(15-17-37)20-23-6-4-3-5-7-23)30-33-34-35-38(30)21-24-9-11-26(40-2)12-10-24/h3-13,18-19,29H,14-17,20-21H2,1-2H3,(H,32,39)/t29-/m0/s1. The number of fused-ring (bicyclic) bond motifs is 1. The summed E-state index contributed by atoms with van der Waals surface area (Å²) in [6, 6.07) is 26.1. The van der Waals surface area contributed by atoms with Gasteiger partial charge >= 0.3 is 0 Å². The van der Waals surface area contributed by atoms with E-state index in [0.717, 1.165) is 60.5 Å². The molecule has 1 atom stereocenters. The van der Waals surface area contributed by atoms with Crippen molar-refractivity contribution in [3.8, 4) is 5.75 Å². The van der Waals surface area contributed by atoms with Crippen molar-refractivity contribution in [2.24, 2.45) is 0 Å². The van der Waals surface area contributed by atoms with Crippen molar-refractivity contribution in [3.05, 3.63) is 117 Å². The van der Waals surface area contributed by atoms with Gasteiger partial charge in [0.05, 0.1) is 13.7 Å². The van der Waals surface area contributed by atoms with Crippen LogP contribution >= 0.6 is 0 Å². The molecule has 40 heavy (non-hydrogen) atoms. The number of aryl methyl sites for hydroxylation is 1. The molecule has 0 unspecified atom stereocenters. The van der Waals surface area contributed by atoms with Gasteiger partial charge in [0.25, 0.3) is 5.56 Å². The Hall–Kier alpha value is -4.34. The molecule has 0 radical (unpaired) electrons. The zero-order valence-electron chi connectivity index (χ0n) is 22.8. The largest absolute Gasteiger partial charge is 0.497 e. The van der Waals surface area contributed by atoms with Gasteiger partial charge < -0.3 is 9.72 Å². The first-order chi connectivity index (χ1) is 19.6. The van der Waals surface area contributed by atoms with E-state index in [-0.39, 0.29) is 11.6 Å². The van der Waals surface area contributed by atoms with Crippen LogP contribution in [0.5, 0.6) is 5.75 Å². The highest BCUT2D eigenvalue weighted by Gasteiger charge is 2.32. The minimum atomic E-state index is -0.388. The number of piperazine rings is 1. The topological polar surface area (TPSA) is 92.2 Å². The molecule has 0 aliphatic carbocycles. The molecule has 1 aliphatic rings. The third-order valence-electron chi connectivity index (χ3n) is 7.64. The predicted molar refractivity (Wildman–Crippen MR) is 154 cm³/mol. The van der Waals surface area contributed by atoms with Crippen molar-refractivity contribution in [1.29, 1.82) is 0 Å². The number of methoxy groups -OCH3 is 1. The van der Waals surface area contributed by atoms with Crippen LogP contribution in [0.3, 0.4) is 0 Å². The van der Waals surface area contributed by atoms with Gasteiger partial charge in [-0.3, -0.25) is 14.6 Å². The Kier molecular flexibility index (Phi) is 7.39. The van der Waals surface area contributed by atoms with Crippen LogP contribution in [-0.2, 0) is 13.1 Å². The van der Waals surface area contributed by atoms with E-state index in [2.05, 4.69) is 67.6 Å². The summed E-state index contributed by atoms with van der Waals surface area (Å²) >= 11 is 0. The smallest absolute Gasteiger partial charge is 0.253 e. The van der Waals surface area contributed by atoms with Gasteiger partial charge in [0.1, 0.15) is 11.8 Å². The first-order valence-electron chi connectivity index (χ1n) is 13.6. The molecule has 9 heteroatoms. The molecule has 204 valence electrons. The second-order valence-corrected chi connectivity index (χ2v) is 10.4. The molecule has 0 amide bonds. The maximum atomic E-state index is 13.6. The average Bonchev–Trinajstić information content (AvgIpc) is 3.43. The molecule has 0 spiro atoms. The number of aromatic nitrogens is 5. The van der Waals surface area contributed by atoms with Gasteiger partial charge in [-0.2, -0.15) is 0 Å². The third kappa shape index (κ3) is 5.52. The van der Waals surface area contributed by atoms with E-state index >= 15 is 0 Å². The third-order valence-corrected chi connectivity index (χ3v) is 7.64. The number of ether oxygens (including phenoxy) is 1. The maximum absolute atomic E-state index is 13.6. The van der Waals surface area contributed by atoms with Crippen LogP contribution in [0, 0.1) is 6.92 Å². The number of nitrogens with zero attached hydrogens (tertiary/aromatic N) is 6. The van der Waals surface area contributed by atoms with Gasteiger partial charge in [0, 0.05) is 43.8 Å². The molecular weight excluding hydrogens is 502 g/mol. The molecule has 3 aromatic carbocycles. The monoisotopic (exact) mass is 535 g/mol. The van der Waals surface area contributed by atoms with Crippen molar-refractivity contribution < 1.29 is 4.74 Å². The van der Waals surface area contributed by atoms with Gasteiger partial charge in [0.15, 0.2) is 5.82 Å². The van der Waals surface area contributed by atoms with Crippen LogP contribution in [0.1, 0.15) is 34.1 Å². The molecule has 9 nitrogen and oxygen atoms in total. The van der Waals surface area contributed by atoms with Crippen LogP contribution in [0.25, 0.3) is 10.9 Å². The van der Waals surface area contributed by atoms with Crippen LogP contribution < -0.4 is 10.3 Å². The Balaban J connectivity index is 1.34. The lowest BCUT2D eigenvalue weighted by Crippen LogP contribution is -2.48. The number of pyridine rings is 1. The fraction of sp³-hybridized carbons (Fsp3) is 0.290. The maximum Gasteiger partial charge on any atom is 0.253 e. The molecule has 3 heterocycles. The van der Waals surface area contributed by atoms with Gasteiger partial charge in [-0.15, -0.1) is 5.10 Å². The second-order valence-electron chi connectivity index (χ2n) is 10.4. The number of H-pyrrole nitrogens is 1. The highest BCUT2D eigenvalue weighted by molar-refractivity contribution is 5.79. The Morgan fingerprint density at radius 1 is 0.900 bits per heavy atom. The predicted octanol–water partition coefficient (Wildman–Crippen LogP) is 3.79. The first kappa shape index (κ1) is 25.9. The molecule has 5 aromatic rings. The number of hydrogen-bond acceptors (Lipinski definition) is 7. The zero-order valence-corrected chi connectivity index (χ0v) is 22.8. The fourth-order valence-electron chi connectivity index (χ4n) is 5.49. The van der Waals surface area contributed by atoms with E-state index in [9.17, 15) is 4.79 Å². The summed E-state index contributed by atoms with van der Waals surface area (Å²) in [5, 5.41) is 13.9. The number of benzene rings is 3. The number of nitrogens with one attached hydrogen (secondary N) is 1. The van der Waals surface area contributed by atoms with Crippen LogP contribution in [-0.4, -0.2) is 68.3 Å². The van der Waals surface area contributed by atoms with Crippen LogP contribution in [0.15, 0.2) is 83.7 Å². The summed E-state index contributed by atoms with van der Waals surface area (Å²) in [5.74, 6) is 1.45. The Bertz CT molecular complexity index is 1640. The summed E-state index contributed by atoms with van der Waals surface area (Å²) in [4.78, 5) is 21.5. The second kappa shape index (κ2) is 11.4. The molecule has 1 fully saturated rings. The van der Waals surface area contributed by atoms with Crippen molar-refractivity contribution in [3.63, 3.8) is 0 Å². The van der Waals surface area contributed by atoms with Crippen LogP contribution in [0.2, 0.25) is 0 Å². The van der Waals surface area contributed by atoms with E-state index < -0.39 is 0 Å². The Morgan fingerprint density at radius 3 is 2.40 bits per heavy atom. The summed E-state index contributed by atoms with van der Waals surface area (Å²) in [7, 11) is 1.65. The van der Waals surface area contributed by atoms with Crippen LogP contribution in [0.4, 0.5) is 0 Å². The fourth-order valence-corrected chi connectivity index (χ4v) is 5.49. The van der Waals surface area contributed by atoms with Gasteiger partial charge in [-0.05, 0) is 64.2 Å². The number of rotatable bonds is 8. The number of aromatic amines is 1. The van der Waals surface area contributed by atoms with Crippen molar-refractivity contribution in [2.45, 2.75) is 26.1 Å². The quantitative estimate of drug-likeness (QED) is 0.323. The molecule has 1 aliphatic heterocycles. The van der Waals surface area contributed by atoms with E-state index in [4.69, 9.17) is 4.74 Å². The highest BCUT2D eigenvalue weighted by atomic mass is 16.5. The van der Waals surface area contributed by atoms with E-state index in [1.54, 1.807) is 7.11 Å². The van der Waals surface area contributed by atoms with Gasteiger partial charge in [-0.25, -0.2) is 4.68 Å². The summed E-state index contributed by atoms with van der Waals surface area (Å²) in [5.41, 5.74) is 4.85. The normalized spacial score (nSPS) is 15.3. The molecule has 0 saturated carbocycles. The highest BCUT2D eigenvalue weighted by Crippen LogP contribution is 2.29. The van der Waals surface area contributed by atoms with Crippen molar-refractivity contribution >= 4 is 10.9 Å². The molecule has 6 rings (SSSR count). The van der Waals surface area contributed by atoms with E-state index in [1.807, 2.05) is 53.2 Å². The average molecular weight is 536 g/mol. The van der Waals surface area contributed by atoms with Crippen molar-refractivity contribution in [2.75, 3.05) is 33.3 Å².